The molecule has 50 valence electrons. The third-order valence-electron chi connectivity index (χ3n) is 0.602. The van der Waals surface area contributed by atoms with Crippen molar-refractivity contribution < 1.29 is 0 Å². The van der Waals surface area contributed by atoms with Crippen LogP contribution in [0.5, 0.6) is 0 Å². The molecule has 0 rings (SSSR count). The van der Waals surface area contributed by atoms with E-state index in [0.717, 1.165) is 0 Å². The molecule has 4 heteroatoms. The van der Waals surface area contributed by atoms with Gasteiger partial charge in [0, 0.05) is 13.1 Å². The zero-order chi connectivity index (χ0) is 6.57. The number of rotatable bonds is 3. The largest absolute Gasteiger partial charge is 0.239 e. The normalized spacial score (nSPS) is 11.2. The van der Waals surface area contributed by atoms with E-state index in [9.17, 15) is 0 Å². The predicted molar refractivity (Wildman–Crippen MR) is 38.2 cm³/mol. The van der Waals surface area contributed by atoms with Crippen LogP contribution in [0.3, 0.4) is 0 Å². The highest BCUT2D eigenvalue weighted by atomic mass is 32.1. The molecule has 0 amide bonds. The molecule has 0 atom stereocenters. The van der Waals surface area contributed by atoms with Crippen molar-refractivity contribution >= 4 is 12.8 Å². The van der Waals surface area contributed by atoms with Crippen LogP contribution in [-0.4, -0.2) is 18.2 Å². The van der Waals surface area contributed by atoms with E-state index in [4.69, 9.17) is 0 Å². The minimum atomic E-state index is 0.444. The first-order chi connectivity index (χ1) is 3.66. The molecule has 0 aliphatic rings. The summed E-state index contributed by atoms with van der Waals surface area (Å²) in [5, 5.41) is 1.69. The summed E-state index contributed by atoms with van der Waals surface area (Å²) in [5.74, 6) is 0. The average Bonchev–Trinajstić information content (AvgIpc) is 1.65. The van der Waals surface area contributed by atoms with E-state index in [1.807, 2.05) is 7.05 Å². The molecule has 0 saturated heterocycles. The van der Waals surface area contributed by atoms with Crippen molar-refractivity contribution in [2.75, 3.05) is 7.05 Å². The molecule has 0 fully saturated rings. The van der Waals surface area contributed by atoms with Gasteiger partial charge in [0.25, 0.3) is 0 Å². The maximum absolute atomic E-state index is 3.80. The van der Waals surface area contributed by atoms with Gasteiger partial charge in [0.2, 0.25) is 0 Å². The molecular weight excluding hydrogens is 122 g/mol. The van der Waals surface area contributed by atoms with Crippen molar-refractivity contribution in [3.05, 3.63) is 0 Å². The third kappa shape index (κ3) is 4.39. The van der Waals surface area contributed by atoms with E-state index < -0.39 is 0 Å². The van der Waals surface area contributed by atoms with Gasteiger partial charge in [0.1, 0.15) is 0 Å². The van der Waals surface area contributed by atoms with Gasteiger partial charge < -0.3 is 0 Å². The van der Waals surface area contributed by atoms with E-state index in [1.165, 1.54) is 0 Å². The summed E-state index contributed by atoms with van der Waals surface area (Å²) in [7, 11) is 1.85. The van der Waals surface area contributed by atoms with Crippen molar-refractivity contribution in [1.82, 2.24) is 15.4 Å². The van der Waals surface area contributed by atoms with Crippen LogP contribution in [0.25, 0.3) is 0 Å². The molecule has 0 aliphatic heterocycles. The van der Waals surface area contributed by atoms with E-state index >= 15 is 0 Å². The lowest BCUT2D eigenvalue weighted by Crippen LogP contribution is -2.44. The second-order valence-corrected chi connectivity index (χ2v) is 2.14. The number of hydrazine groups is 2. The number of thiol groups is 1. The Labute approximate surface area is 55.9 Å². The smallest absolute Gasteiger partial charge is 0.0183 e. The Morgan fingerprint density at radius 1 is 1.50 bits per heavy atom. The molecule has 3 nitrogen and oxygen atoms in total. The second kappa shape index (κ2) is 4.14. The van der Waals surface area contributed by atoms with Crippen molar-refractivity contribution in [2.24, 2.45) is 0 Å². The van der Waals surface area contributed by atoms with Crippen LogP contribution in [0.15, 0.2) is 0 Å². The van der Waals surface area contributed by atoms with Gasteiger partial charge in [0.15, 0.2) is 0 Å². The summed E-state index contributed by atoms with van der Waals surface area (Å²) in [6, 6.07) is 0.444. The van der Waals surface area contributed by atoms with Crippen LogP contribution in [0.2, 0.25) is 0 Å². The second-order valence-electron chi connectivity index (χ2n) is 1.94. The molecule has 0 unspecified atom stereocenters. The molecule has 0 aromatic heterocycles. The fourth-order valence-corrected chi connectivity index (χ4v) is 0.474. The maximum Gasteiger partial charge on any atom is 0.0183 e. The quantitative estimate of drug-likeness (QED) is 0.381. The highest BCUT2D eigenvalue weighted by molar-refractivity contribution is 7.78. The van der Waals surface area contributed by atoms with Gasteiger partial charge in [-0.1, -0.05) is 12.8 Å². The predicted octanol–water partition coefficient (Wildman–Crippen LogP) is 0.181. The molecule has 0 bridgehead atoms. The monoisotopic (exact) mass is 135 g/mol. The van der Waals surface area contributed by atoms with Gasteiger partial charge in [-0.15, -0.1) is 0 Å². The number of hydrogen-bond acceptors (Lipinski definition) is 4. The van der Waals surface area contributed by atoms with Crippen molar-refractivity contribution in [1.29, 1.82) is 0 Å². The lowest BCUT2D eigenvalue weighted by atomic mass is 10.4. The highest BCUT2D eigenvalue weighted by Gasteiger charge is 1.93. The number of hydrogen-bond donors (Lipinski definition) is 3. The topological polar surface area (TPSA) is 27.3 Å². The molecule has 0 spiro atoms. The van der Waals surface area contributed by atoms with E-state index in [2.05, 4.69) is 36.9 Å². The maximum atomic E-state index is 3.80. The standard InChI is InChI=1S/C4H13N3S/c1-4(2)5-7(3)6-8/h4-6,8H,1-3H3. The summed E-state index contributed by atoms with van der Waals surface area (Å²) in [5.41, 5.74) is 3.04. The van der Waals surface area contributed by atoms with Crippen LogP contribution in [0.1, 0.15) is 13.8 Å². The Bertz CT molecular complexity index is 57.2. The number of nitrogens with one attached hydrogen (secondary N) is 2. The van der Waals surface area contributed by atoms with Gasteiger partial charge in [-0.2, -0.15) is 9.95 Å². The SMILES string of the molecule is CC(C)NN(C)NS. The van der Waals surface area contributed by atoms with E-state index in [-0.39, 0.29) is 0 Å². The van der Waals surface area contributed by atoms with Gasteiger partial charge in [-0.05, 0) is 13.8 Å². The molecule has 0 aromatic rings. The molecular formula is C4H13N3S. The first-order valence-corrected chi connectivity index (χ1v) is 3.01. The molecule has 2 N–H and O–H groups in total. The first-order valence-electron chi connectivity index (χ1n) is 2.56. The van der Waals surface area contributed by atoms with Crippen LogP contribution >= 0.6 is 12.8 Å². The average molecular weight is 135 g/mol. The zero-order valence-corrected chi connectivity index (χ0v) is 6.37. The molecule has 0 saturated carbocycles. The third-order valence-corrected chi connectivity index (χ3v) is 0.902. The van der Waals surface area contributed by atoms with Crippen LogP contribution in [0.4, 0.5) is 0 Å². The highest BCUT2D eigenvalue weighted by Crippen LogP contribution is 1.76. The number of nitrogens with zero attached hydrogens (tertiary/aromatic N) is 1. The van der Waals surface area contributed by atoms with Crippen LogP contribution in [0, 0.1) is 0 Å². The molecule has 8 heavy (non-hydrogen) atoms. The lowest BCUT2D eigenvalue weighted by molar-refractivity contribution is 0.189. The summed E-state index contributed by atoms with van der Waals surface area (Å²) >= 11 is 3.80. The zero-order valence-electron chi connectivity index (χ0n) is 5.47. The fourth-order valence-electron chi connectivity index (χ4n) is 0.416. The summed E-state index contributed by atoms with van der Waals surface area (Å²) in [6.45, 7) is 4.11. The molecule has 0 radical (unpaired) electrons. The van der Waals surface area contributed by atoms with Crippen LogP contribution in [-0.2, 0) is 0 Å². The molecule has 0 heterocycles. The Balaban J connectivity index is 3.10. The minimum Gasteiger partial charge on any atom is -0.239 e. The van der Waals surface area contributed by atoms with Gasteiger partial charge >= 0.3 is 0 Å². The van der Waals surface area contributed by atoms with Gasteiger partial charge in [0.05, 0.1) is 0 Å². The Morgan fingerprint density at radius 2 is 2.00 bits per heavy atom. The van der Waals surface area contributed by atoms with E-state index in [0.29, 0.717) is 6.04 Å². The fraction of sp³-hybridized carbons (Fsp3) is 1.00. The summed E-state index contributed by atoms with van der Waals surface area (Å²) in [6.07, 6.45) is 0. The lowest BCUT2D eigenvalue weighted by Gasteiger charge is -2.17. The van der Waals surface area contributed by atoms with Crippen molar-refractivity contribution in [2.45, 2.75) is 19.9 Å². The van der Waals surface area contributed by atoms with Crippen LogP contribution < -0.4 is 10.3 Å². The Morgan fingerprint density at radius 3 is 2.12 bits per heavy atom. The van der Waals surface area contributed by atoms with Crippen molar-refractivity contribution in [3.63, 3.8) is 0 Å². The summed E-state index contributed by atoms with van der Waals surface area (Å²) < 4.78 is 0. The molecule has 0 aromatic carbocycles. The molecule has 0 aliphatic carbocycles. The Kier molecular flexibility index (Phi) is 4.26. The summed E-state index contributed by atoms with van der Waals surface area (Å²) in [4.78, 5) is 2.61. The Hall–Kier alpha value is 0.230. The van der Waals surface area contributed by atoms with Crippen molar-refractivity contribution in [3.8, 4) is 0 Å². The minimum absolute atomic E-state index is 0.444. The first kappa shape index (κ1) is 8.23. The van der Waals surface area contributed by atoms with Gasteiger partial charge in [-0.3, -0.25) is 0 Å². The van der Waals surface area contributed by atoms with Gasteiger partial charge in [-0.25, -0.2) is 5.43 Å². The van der Waals surface area contributed by atoms with E-state index in [1.54, 1.807) is 5.12 Å².